The van der Waals surface area contributed by atoms with Crippen LogP contribution in [0.3, 0.4) is 0 Å². The van der Waals surface area contributed by atoms with Crippen molar-refractivity contribution >= 4 is 17.5 Å². The highest BCUT2D eigenvalue weighted by atomic mass is 16.6. The largest absolute Gasteiger partial charge is 0.289 e. The van der Waals surface area contributed by atoms with Crippen molar-refractivity contribution in [2.45, 2.75) is 20.8 Å². The van der Waals surface area contributed by atoms with E-state index in [1.807, 2.05) is 32.9 Å². The Kier molecular flexibility index (Phi) is 4.51. The van der Waals surface area contributed by atoms with E-state index in [9.17, 15) is 14.9 Å². The zero-order valence-electron chi connectivity index (χ0n) is 12.8. The normalized spacial score (nSPS) is 10.9. The van der Waals surface area contributed by atoms with Crippen molar-refractivity contribution in [1.29, 1.82) is 0 Å². The predicted molar refractivity (Wildman–Crippen MR) is 87.1 cm³/mol. The van der Waals surface area contributed by atoms with E-state index in [4.69, 9.17) is 0 Å². The number of carbonyl (C=O) groups is 1. The van der Waals surface area contributed by atoms with Gasteiger partial charge in [-0.1, -0.05) is 23.8 Å². The van der Waals surface area contributed by atoms with E-state index in [-0.39, 0.29) is 11.5 Å². The number of hydrogen-bond acceptors (Lipinski definition) is 3. The summed E-state index contributed by atoms with van der Waals surface area (Å²) in [5.41, 5.74) is 4.54. The van der Waals surface area contributed by atoms with Crippen LogP contribution >= 0.6 is 0 Å². The second kappa shape index (κ2) is 6.35. The lowest BCUT2D eigenvalue weighted by Gasteiger charge is -2.08. The molecule has 2 aromatic rings. The molecule has 0 spiro atoms. The van der Waals surface area contributed by atoms with Gasteiger partial charge < -0.3 is 0 Å². The van der Waals surface area contributed by atoms with Gasteiger partial charge in [0.25, 0.3) is 5.69 Å². The number of benzene rings is 2. The van der Waals surface area contributed by atoms with Crippen molar-refractivity contribution in [1.82, 2.24) is 0 Å². The van der Waals surface area contributed by atoms with E-state index >= 15 is 0 Å². The number of nitro benzene ring substituents is 1. The van der Waals surface area contributed by atoms with Gasteiger partial charge in [-0.2, -0.15) is 0 Å². The molecule has 0 fully saturated rings. The van der Waals surface area contributed by atoms with Crippen molar-refractivity contribution in [3.05, 3.63) is 80.4 Å². The van der Waals surface area contributed by atoms with Gasteiger partial charge in [-0.25, -0.2) is 0 Å². The van der Waals surface area contributed by atoms with Crippen LogP contribution in [0, 0.1) is 30.9 Å². The van der Waals surface area contributed by atoms with Gasteiger partial charge in [0.05, 0.1) is 4.92 Å². The smallest absolute Gasteiger partial charge is 0.269 e. The third-order valence-corrected chi connectivity index (χ3v) is 3.45. The van der Waals surface area contributed by atoms with Crippen LogP contribution in [0.2, 0.25) is 0 Å². The molecule has 22 heavy (non-hydrogen) atoms. The standard InChI is InChI=1S/C18H17NO3/c1-12-10-13(2)18(14(3)11-12)17(20)9-6-15-4-7-16(8-5-15)19(21)22/h4-11H,1-3H3/b9-6+. The third kappa shape index (κ3) is 3.47. The van der Waals surface area contributed by atoms with Crippen LogP contribution in [-0.4, -0.2) is 10.7 Å². The van der Waals surface area contributed by atoms with Crippen molar-refractivity contribution in [3.8, 4) is 0 Å². The zero-order valence-corrected chi connectivity index (χ0v) is 12.8. The molecular weight excluding hydrogens is 278 g/mol. The molecule has 112 valence electrons. The fourth-order valence-electron chi connectivity index (χ4n) is 2.53. The summed E-state index contributed by atoms with van der Waals surface area (Å²) in [4.78, 5) is 22.5. The third-order valence-electron chi connectivity index (χ3n) is 3.45. The number of rotatable bonds is 4. The monoisotopic (exact) mass is 295 g/mol. The molecule has 0 bridgehead atoms. The number of allylic oxidation sites excluding steroid dienone is 1. The molecule has 0 aliphatic heterocycles. The molecule has 0 aromatic heterocycles. The Morgan fingerprint density at radius 3 is 2.09 bits per heavy atom. The molecule has 4 heteroatoms. The number of nitro groups is 1. The predicted octanol–water partition coefficient (Wildman–Crippen LogP) is 4.42. The van der Waals surface area contributed by atoms with Crippen LogP contribution in [0.4, 0.5) is 5.69 Å². The van der Waals surface area contributed by atoms with Crippen LogP contribution in [0.25, 0.3) is 6.08 Å². The molecular formula is C18H17NO3. The topological polar surface area (TPSA) is 60.2 Å². The van der Waals surface area contributed by atoms with E-state index in [1.165, 1.54) is 18.2 Å². The minimum atomic E-state index is -0.447. The Hall–Kier alpha value is -2.75. The first-order chi connectivity index (χ1) is 10.4. The van der Waals surface area contributed by atoms with Crippen molar-refractivity contribution in [3.63, 3.8) is 0 Å². The quantitative estimate of drug-likeness (QED) is 0.363. The van der Waals surface area contributed by atoms with E-state index in [1.54, 1.807) is 18.2 Å². The highest BCUT2D eigenvalue weighted by Gasteiger charge is 2.10. The van der Waals surface area contributed by atoms with Crippen molar-refractivity contribution in [2.75, 3.05) is 0 Å². The maximum absolute atomic E-state index is 12.4. The lowest BCUT2D eigenvalue weighted by Crippen LogP contribution is -2.02. The average Bonchev–Trinajstić information content (AvgIpc) is 2.44. The minimum Gasteiger partial charge on any atom is -0.289 e. The second-order valence-corrected chi connectivity index (χ2v) is 5.32. The van der Waals surface area contributed by atoms with Gasteiger partial charge >= 0.3 is 0 Å². The molecule has 0 atom stereocenters. The molecule has 0 aliphatic rings. The van der Waals surface area contributed by atoms with Gasteiger partial charge in [0.15, 0.2) is 5.78 Å². The number of ketones is 1. The zero-order chi connectivity index (χ0) is 16.3. The highest BCUT2D eigenvalue weighted by molar-refractivity contribution is 6.08. The summed E-state index contributed by atoms with van der Waals surface area (Å²) in [6.07, 6.45) is 3.18. The van der Waals surface area contributed by atoms with Gasteiger partial charge in [0.2, 0.25) is 0 Å². The Morgan fingerprint density at radius 2 is 1.59 bits per heavy atom. The molecule has 2 rings (SSSR count). The Balaban J connectivity index is 2.23. The lowest BCUT2D eigenvalue weighted by atomic mass is 9.96. The molecule has 0 radical (unpaired) electrons. The maximum Gasteiger partial charge on any atom is 0.269 e. The van der Waals surface area contributed by atoms with Crippen LogP contribution in [0.5, 0.6) is 0 Å². The fraction of sp³-hybridized carbons (Fsp3) is 0.167. The molecule has 2 aromatic carbocycles. The summed E-state index contributed by atoms with van der Waals surface area (Å²) >= 11 is 0. The van der Waals surface area contributed by atoms with Crippen LogP contribution in [0.1, 0.15) is 32.6 Å². The van der Waals surface area contributed by atoms with E-state index in [0.717, 1.165) is 22.3 Å². The minimum absolute atomic E-state index is 0.0358. The average molecular weight is 295 g/mol. The molecule has 0 saturated heterocycles. The summed E-state index contributed by atoms with van der Waals surface area (Å²) in [6.45, 7) is 5.85. The maximum atomic E-state index is 12.4. The van der Waals surface area contributed by atoms with Crippen molar-refractivity contribution < 1.29 is 9.72 Å². The number of non-ortho nitro benzene ring substituents is 1. The molecule has 0 saturated carbocycles. The molecule has 0 unspecified atom stereocenters. The Bertz CT molecular complexity index is 735. The van der Waals surface area contributed by atoms with Crippen LogP contribution in [0.15, 0.2) is 42.5 Å². The number of carbonyl (C=O) groups excluding carboxylic acids is 1. The number of nitrogens with zero attached hydrogens (tertiary/aromatic N) is 1. The number of hydrogen-bond donors (Lipinski definition) is 0. The van der Waals surface area contributed by atoms with Gasteiger partial charge in [0.1, 0.15) is 0 Å². The first-order valence-corrected chi connectivity index (χ1v) is 6.93. The lowest BCUT2D eigenvalue weighted by molar-refractivity contribution is -0.384. The van der Waals surface area contributed by atoms with E-state index < -0.39 is 4.92 Å². The van der Waals surface area contributed by atoms with Gasteiger partial charge in [0, 0.05) is 17.7 Å². The summed E-state index contributed by atoms with van der Waals surface area (Å²) in [6, 6.07) is 10.1. The Morgan fingerprint density at radius 1 is 1.05 bits per heavy atom. The first kappa shape index (κ1) is 15.6. The van der Waals surface area contributed by atoms with Crippen LogP contribution < -0.4 is 0 Å². The second-order valence-electron chi connectivity index (χ2n) is 5.32. The molecule has 0 amide bonds. The summed E-state index contributed by atoms with van der Waals surface area (Å²) in [5.74, 6) is -0.0617. The summed E-state index contributed by atoms with van der Waals surface area (Å²) < 4.78 is 0. The molecule has 0 aliphatic carbocycles. The molecule has 4 nitrogen and oxygen atoms in total. The van der Waals surface area contributed by atoms with E-state index in [2.05, 4.69) is 0 Å². The summed E-state index contributed by atoms with van der Waals surface area (Å²) in [7, 11) is 0. The highest BCUT2D eigenvalue weighted by Crippen LogP contribution is 2.18. The van der Waals surface area contributed by atoms with Crippen LogP contribution in [-0.2, 0) is 0 Å². The molecule has 0 N–H and O–H groups in total. The van der Waals surface area contributed by atoms with E-state index in [0.29, 0.717) is 5.56 Å². The SMILES string of the molecule is Cc1cc(C)c(C(=O)/C=C/c2ccc([N+](=O)[O-])cc2)c(C)c1. The fourth-order valence-corrected chi connectivity index (χ4v) is 2.53. The Labute approximate surface area is 129 Å². The van der Waals surface area contributed by atoms with Crippen molar-refractivity contribution in [2.24, 2.45) is 0 Å². The van der Waals surface area contributed by atoms with Gasteiger partial charge in [-0.05, 0) is 55.7 Å². The number of aryl methyl sites for hydroxylation is 3. The van der Waals surface area contributed by atoms with Gasteiger partial charge in [-0.3, -0.25) is 14.9 Å². The van der Waals surface area contributed by atoms with Gasteiger partial charge in [-0.15, -0.1) is 0 Å². The molecule has 0 heterocycles. The summed E-state index contributed by atoms with van der Waals surface area (Å²) in [5, 5.41) is 10.6. The first-order valence-electron chi connectivity index (χ1n) is 6.93.